The number of rotatable bonds is 9. The van der Waals surface area contributed by atoms with Gasteiger partial charge in [0, 0.05) is 97.7 Å². The standard InChI is InChI=1S/C46H54ClN7O5/c1-28-36-24-33(11-13-35(36)42(58)54(28)38-14-15-39(55)49-41(38)57)53-22-20-51(21-23-53)27-29-16-18-52(19-17-29)32-9-6-30(7-10-32)40(56)50-43-45(2,3)44(46(43,4)5)59-34-12-8-31(26-48)37(47)25-34/h6-13,24-25,28-29,38,43-44H,14-23,27H2,1-5H3,(H,50,56)(H,49,55,57)/t28-,38-,43?,44?/m1/s1. The molecule has 310 valence electrons. The maximum atomic E-state index is 13.5. The molecule has 13 heteroatoms. The van der Waals surface area contributed by atoms with Crippen LogP contribution in [0.5, 0.6) is 5.75 Å². The average Bonchev–Trinajstić information content (AvgIpc) is 3.47. The van der Waals surface area contributed by atoms with Crippen molar-refractivity contribution in [1.29, 1.82) is 5.26 Å². The van der Waals surface area contributed by atoms with E-state index in [1.807, 2.05) is 31.2 Å². The molecular weight excluding hydrogens is 766 g/mol. The number of hydrogen-bond acceptors (Lipinski definition) is 9. The van der Waals surface area contributed by atoms with Crippen LogP contribution in [0.3, 0.4) is 0 Å². The highest BCUT2D eigenvalue weighted by atomic mass is 35.5. The molecule has 8 rings (SSSR count). The number of carbonyl (C=O) groups is 4. The molecule has 3 aromatic rings. The first-order valence-electron chi connectivity index (χ1n) is 21.0. The molecule has 0 radical (unpaired) electrons. The second-order valence-electron chi connectivity index (χ2n) is 18.2. The van der Waals surface area contributed by atoms with Crippen molar-refractivity contribution in [2.45, 2.75) is 84.5 Å². The summed E-state index contributed by atoms with van der Waals surface area (Å²) in [7, 11) is 0. The van der Waals surface area contributed by atoms with Crippen molar-refractivity contribution in [2.75, 3.05) is 55.6 Å². The van der Waals surface area contributed by atoms with Crippen molar-refractivity contribution >= 4 is 46.6 Å². The monoisotopic (exact) mass is 819 g/mol. The van der Waals surface area contributed by atoms with Gasteiger partial charge in [-0.15, -0.1) is 0 Å². The summed E-state index contributed by atoms with van der Waals surface area (Å²) in [6.45, 7) is 17.2. The van der Waals surface area contributed by atoms with Crippen LogP contribution >= 0.6 is 11.6 Å². The summed E-state index contributed by atoms with van der Waals surface area (Å²) < 4.78 is 6.39. The second-order valence-corrected chi connectivity index (χ2v) is 18.6. The van der Waals surface area contributed by atoms with Gasteiger partial charge in [0.15, 0.2) is 0 Å². The van der Waals surface area contributed by atoms with Gasteiger partial charge in [-0.3, -0.25) is 29.4 Å². The van der Waals surface area contributed by atoms with E-state index in [-0.39, 0.29) is 59.1 Å². The minimum absolute atomic E-state index is 0.0985. The Labute approximate surface area is 351 Å². The summed E-state index contributed by atoms with van der Waals surface area (Å²) >= 11 is 6.26. The molecule has 59 heavy (non-hydrogen) atoms. The number of nitriles is 1. The number of halogens is 1. The fourth-order valence-corrected chi connectivity index (χ4v) is 10.9. The third kappa shape index (κ3) is 7.64. The predicted molar refractivity (Wildman–Crippen MR) is 227 cm³/mol. The van der Waals surface area contributed by atoms with Crippen LogP contribution in [0.4, 0.5) is 11.4 Å². The Kier molecular flexibility index (Phi) is 10.9. The molecule has 4 heterocycles. The molecule has 2 N–H and O–H groups in total. The van der Waals surface area contributed by atoms with Gasteiger partial charge in [0.25, 0.3) is 11.8 Å². The van der Waals surface area contributed by atoms with Gasteiger partial charge in [-0.25, -0.2) is 0 Å². The van der Waals surface area contributed by atoms with Gasteiger partial charge >= 0.3 is 0 Å². The largest absolute Gasteiger partial charge is 0.489 e. The topological polar surface area (TPSA) is 138 Å². The lowest BCUT2D eigenvalue weighted by atomic mass is 9.49. The predicted octanol–water partition coefficient (Wildman–Crippen LogP) is 6.18. The Hall–Kier alpha value is -5.12. The normalized spacial score (nSPS) is 25.5. The van der Waals surface area contributed by atoms with Gasteiger partial charge in [-0.05, 0) is 92.3 Å². The molecule has 3 aromatic carbocycles. The molecule has 4 fully saturated rings. The average molecular weight is 820 g/mol. The Morgan fingerprint density at radius 3 is 2.19 bits per heavy atom. The number of anilines is 2. The summed E-state index contributed by atoms with van der Waals surface area (Å²) in [6, 6.07) is 20.2. The molecule has 4 aliphatic heterocycles. The Morgan fingerprint density at radius 2 is 1.54 bits per heavy atom. The molecule has 1 saturated carbocycles. The summed E-state index contributed by atoms with van der Waals surface area (Å²) in [5.41, 5.74) is 4.18. The maximum absolute atomic E-state index is 13.5. The zero-order chi connectivity index (χ0) is 41.8. The number of nitrogens with one attached hydrogen (secondary N) is 2. The fourth-order valence-electron chi connectivity index (χ4n) is 10.7. The molecule has 3 saturated heterocycles. The van der Waals surface area contributed by atoms with E-state index >= 15 is 0 Å². The zero-order valence-electron chi connectivity index (χ0n) is 34.6. The lowest BCUT2D eigenvalue weighted by Crippen LogP contribution is -2.74. The van der Waals surface area contributed by atoms with Crippen LogP contribution < -0.4 is 25.2 Å². The van der Waals surface area contributed by atoms with E-state index in [0.717, 1.165) is 75.6 Å². The van der Waals surface area contributed by atoms with Gasteiger partial charge < -0.3 is 24.8 Å². The van der Waals surface area contributed by atoms with Gasteiger partial charge in [-0.2, -0.15) is 5.26 Å². The Bertz CT molecular complexity index is 2170. The second kappa shape index (κ2) is 15.8. The van der Waals surface area contributed by atoms with Crippen molar-refractivity contribution in [3.8, 4) is 11.8 Å². The Morgan fingerprint density at radius 1 is 0.881 bits per heavy atom. The number of benzene rings is 3. The van der Waals surface area contributed by atoms with E-state index in [2.05, 4.69) is 77.3 Å². The number of hydrogen-bond donors (Lipinski definition) is 2. The van der Waals surface area contributed by atoms with Gasteiger partial charge in [0.2, 0.25) is 11.8 Å². The molecule has 0 bridgehead atoms. The van der Waals surface area contributed by atoms with E-state index in [0.29, 0.717) is 39.8 Å². The van der Waals surface area contributed by atoms with Crippen LogP contribution in [0, 0.1) is 28.1 Å². The lowest BCUT2D eigenvalue weighted by Gasteiger charge is -2.63. The van der Waals surface area contributed by atoms with Crippen LogP contribution in [0.25, 0.3) is 0 Å². The van der Waals surface area contributed by atoms with Crippen LogP contribution in [0.1, 0.15) is 98.2 Å². The highest BCUT2D eigenvalue weighted by molar-refractivity contribution is 6.31. The van der Waals surface area contributed by atoms with E-state index < -0.39 is 6.04 Å². The minimum atomic E-state index is -0.625. The number of piperazine rings is 1. The SMILES string of the molecule is C[C@@H]1c2cc(N3CCN(CC4CCN(c5ccc(C(=O)NC6C(C)(C)C(Oc7ccc(C#N)c(Cl)c7)C6(C)C)cc5)CC4)CC3)ccc2C(=O)N1[C@@H]1CCC(=O)NC1=O. The van der Waals surface area contributed by atoms with Gasteiger partial charge in [0.1, 0.15) is 24.0 Å². The van der Waals surface area contributed by atoms with Gasteiger partial charge in [0.05, 0.1) is 16.6 Å². The molecule has 5 aliphatic rings. The fraction of sp³-hybridized carbons (Fsp3) is 0.500. The first-order valence-corrected chi connectivity index (χ1v) is 21.3. The number of imide groups is 1. The highest BCUT2D eigenvalue weighted by Gasteiger charge is 2.64. The molecule has 12 nitrogen and oxygen atoms in total. The summed E-state index contributed by atoms with van der Waals surface area (Å²) in [5.74, 6) is 0.325. The zero-order valence-corrected chi connectivity index (χ0v) is 35.3. The van der Waals surface area contributed by atoms with Gasteiger partial charge in [-0.1, -0.05) is 39.3 Å². The minimum Gasteiger partial charge on any atom is -0.489 e. The lowest BCUT2D eigenvalue weighted by molar-refractivity contribution is -0.164. The number of fused-ring (bicyclic) bond motifs is 1. The first kappa shape index (κ1) is 40.7. The number of ether oxygens (including phenoxy) is 1. The quantitative estimate of drug-likeness (QED) is 0.243. The Balaban J connectivity index is 0.789. The third-order valence-electron chi connectivity index (χ3n) is 13.7. The highest BCUT2D eigenvalue weighted by Crippen LogP contribution is 2.55. The first-order chi connectivity index (χ1) is 28.1. The van der Waals surface area contributed by atoms with Crippen LogP contribution in [0.2, 0.25) is 5.02 Å². The van der Waals surface area contributed by atoms with E-state index in [9.17, 15) is 24.4 Å². The molecule has 0 spiro atoms. The summed E-state index contributed by atoms with van der Waals surface area (Å²) in [4.78, 5) is 60.2. The molecule has 2 atom stereocenters. The van der Waals surface area contributed by atoms with Crippen molar-refractivity contribution in [3.63, 3.8) is 0 Å². The number of amides is 4. The van der Waals surface area contributed by atoms with Crippen molar-refractivity contribution in [2.24, 2.45) is 16.7 Å². The molecule has 0 aromatic heterocycles. The molecule has 1 aliphatic carbocycles. The third-order valence-corrected chi connectivity index (χ3v) is 14.0. The van der Waals surface area contributed by atoms with Crippen molar-refractivity contribution in [3.05, 3.63) is 87.9 Å². The molecule has 4 amide bonds. The maximum Gasteiger partial charge on any atom is 0.255 e. The van der Waals surface area contributed by atoms with E-state index in [1.165, 1.54) is 0 Å². The number of nitrogens with zero attached hydrogens (tertiary/aromatic N) is 5. The van der Waals surface area contributed by atoms with Crippen LogP contribution in [0.15, 0.2) is 60.7 Å². The van der Waals surface area contributed by atoms with E-state index in [1.54, 1.807) is 23.1 Å². The smallest absolute Gasteiger partial charge is 0.255 e. The van der Waals surface area contributed by atoms with E-state index in [4.69, 9.17) is 16.3 Å². The molecular formula is C46H54ClN7O5. The van der Waals surface area contributed by atoms with Crippen molar-refractivity contribution < 1.29 is 23.9 Å². The summed E-state index contributed by atoms with van der Waals surface area (Å²) in [6.07, 6.45) is 2.66. The van der Waals surface area contributed by atoms with Crippen molar-refractivity contribution in [1.82, 2.24) is 20.4 Å². The van der Waals surface area contributed by atoms with Crippen LogP contribution in [-0.4, -0.2) is 97.4 Å². The van der Waals surface area contributed by atoms with Crippen LogP contribution in [-0.2, 0) is 9.59 Å². The number of carbonyl (C=O) groups excluding carboxylic acids is 4. The summed E-state index contributed by atoms with van der Waals surface area (Å²) in [5, 5.41) is 15.3. The number of piperidine rings is 2. The molecule has 0 unspecified atom stereocenters.